The molecule has 0 aliphatic carbocycles. The highest BCUT2D eigenvalue weighted by atomic mass is 16.9. The van der Waals surface area contributed by atoms with Crippen molar-refractivity contribution in [1.29, 1.82) is 0 Å². The van der Waals surface area contributed by atoms with Gasteiger partial charge in [0.05, 0.1) is 13.2 Å². The van der Waals surface area contributed by atoms with E-state index in [1.165, 1.54) is 0 Å². The summed E-state index contributed by atoms with van der Waals surface area (Å²) in [6.07, 6.45) is 2.51. The quantitative estimate of drug-likeness (QED) is 0.303. The van der Waals surface area contributed by atoms with E-state index in [-0.39, 0.29) is 31.1 Å². The van der Waals surface area contributed by atoms with E-state index in [2.05, 4.69) is 15.0 Å². The summed E-state index contributed by atoms with van der Waals surface area (Å²) in [5.74, 6) is -0.0335. The topological polar surface area (TPSA) is 153 Å². The van der Waals surface area contributed by atoms with E-state index in [1.807, 2.05) is 0 Å². The summed E-state index contributed by atoms with van der Waals surface area (Å²) >= 11 is 0. The zero-order valence-electron chi connectivity index (χ0n) is 11.8. The van der Waals surface area contributed by atoms with Gasteiger partial charge in [-0.2, -0.15) is 15.0 Å². The number of rotatable bonds is 11. The largest absolute Gasteiger partial charge is 0.396 e. The maximum atomic E-state index is 8.73. The van der Waals surface area contributed by atoms with Crippen LogP contribution < -0.4 is 16.7 Å². The predicted molar refractivity (Wildman–Crippen MR) is 75.7 cm³/mol. The van der Waals surface area contributed by atoms with Gasteiger partial charge in [-0.05, 0) is 25.7 Å². The Morgan fingerprint density at radius 1 is 0.810 bits per heavy atom. The van der Waals surface area contributed by atoms with Gasteiger partial charge < -0.3 is 21.7 Å². The fourth-order valence-electron chi connectivity index (χ4n) is 1.35. The minimum Gasteiger partial charge on any atom is -0.396 e. The fraction of sp³-hybridized carbons (Fsp3) is 0.727. The molecule has 0 fully saturated rings. The third-order valence-corrected chi connectivity index (χ3v) is 2.34. The second kappa shape index (κ2) is 10.0. The molecule has 0 aliphatic heterocycles. The molecular weight excluding hydrogens is 280 g/mol. The van der Waals surface area contributed by atoms with E-state index in [0.29, 0.717) is 38.9 Å². The molecule has 0 aliphatic rings. The number of nitrogens with two attached hydrogens (primary N) is 2. The van der Waals surface area contributed by atoms with Gasteiger partial charge in [-0.1, -0.05) is 5.23 Å². The number of hydrogen-bond acceptors (Lipinski definition) is 10. The molecule has 0 bridgehead atoms. The van der Waals surface area contributed by atoms with E-state index >= 15 is 0 Å². The van der Waals surface area contributed by atoms with Gasteiger partial charge in [0.15, 0.2) is 0 Å². The van der Waals surface area contributed by atoms with Crippen LogP contribution in [0.25, 0.3) is 0 Å². The molecule has 1 rings (SSSR count). The molecule has 10 nitrogen and oxygen atoms in total. The highest BCUT2D eigenvalue weighted by Gasteiger charge is 2.14. The van der Waals surface area contributed by atoms with Gasteiger partial charge in [0.2, 0.25) is 11.9 Å². The molecular formula is C11H22N6O4. The average Bonchev–Trinajstić information content (AvgIpc) is 2.44. The first-order valence-electron chi connectivity index (χ1n) is 6.72. The first kappa shape index (κ1) is 17.3. The van der Waals surface area contributed by atoms with Crippen molar-refractivity contribution in [2.75, 3.05) is 43.1 Å². The maximum Gasteiger partial charge on any atom is 0.284 e. The van der Waals surface area contributed by atoms with Crippen molar-refractivity contribution in [2.24, 2.45) is 0 Å². The molecule has 21 heavy (non-hydrogen) atoms. The molecule has 0 atom stereocenters. The van der Waals surface area contributed by atoms with Crippen molar-refractivity contribution in [2.45, 2.75) is 25.7 Å². The van der Waals surface area contributed by atoms with Gasteiger partial charge in [-0.25, -0.2) is 9.68 Å². The lowest BCUT2D eigenvalue weighted by molar-refractivity contribution is -0.0952. The second-order valence-electron chi connectivity index (χ2n) is 4.14. The molecule has 0 amide bonds. The minimum absolute atomic E-state index is 0.0413. The van der Waals surface area contributed by atoms with E-state index in [0.717, 1.165) is 5.23 Å². The Bertz CT molecular complexity index is 376. The van der Waals surface area contributed by atoms with Crippen molar-refractivity contribution in [3.63, 3.8) is 0 Å². The van der Waals surface area contributed by atoms with Crippen molar-refractivity contribution >= 4 is 17.8 Å². The zero-order chi connectivity index (χ0) is 15.5. The summed E-state index contributed by atoms with van der Waals surface area (Å²) in [5, 5.41) is 18.5. The van der Waals surface area contributed by atoms with Gasteiger partial charge in [-0.15, -0.1) is 0 Å². The summed E-state index contributed by atoms with van der Waals surface area (Å²) in [6, 6.07) is 0. The predicted octanol–water partition coefficient (Wildman–Crippen LogP) is -0.749. The molecule has 1 heterocycles. The Kier molecular flexibility index (Phi) is 8.28. The summed E-state index contributed by atoms with van der Waals surface area (Å²) in [4.78, 5) is 22.2. The van der Waals surface area contributed by atoms with Gasteiger partial charge in [0, 0.05) is 13.2 Å². The fourth-order valence-corrected chi connectivity index (χ4v) is 1.35. The van der Waals surface area contributed by atoms with Crippen LogP contribution in [0.2, 0.25) is 0 Å². The third kappa shape index (κ3) is 6.99. The van der Waals surface area contributed by atoms with Crippen LogP contribution in [0.15, 0.2) is 0 Å². The van der Waals surface area contributed by atoms with E-state index in [4.69, 9.17) is 31.4 Å². The number of aliphatic hydroxyl groups excluding tert-OH is 2. The number of aromatic nitrogens is 3. The highest BCUT2D eigenvalue weighted by molar-refractivity contribution is 5.35. The molecule has 0 unspecified atom stereocenters. The summed E-state index contributed by atoms with van der Waals surface area (Å²) in [5.41, 5.74) is 11.0. The Balaban J connectivity index is 2.60. The SMILES string of the molecule is Nc1nc(N)nc(N(OCCCCO)OCCCCO)n1. The Labute approximate surface area is 122 Å². The van der Waals surface area contributed by atoms with Crippen molar-refractivity contribution < 1.29 is 19.9 Å². The third-order valence-electron chi connectivity index (χ3n) is 2.34. The standard InChI is InChI=1S/C11H22N6O4/c12-9-14-10(13)16-11(15-9)17(20-7-3-1-5-18)21-8-4-2-6-19/h18-19H,1-8H2,(H4,12,13,14,15,16). The van der Waals surface area contributed by atoms with Crippen LogP contribution >= 0.6 is 0 Å². The van der Waals surface area contributed by atoms with Crippen molar-refractivity contribution in [3.05, 3.63) is 0 Å². The smallest absolute Gasteiger partial charge is 0.284 e. The normalized spacial score (nSPS) is 10.8. The van der Waals surface area contributed by atoms with Crippen LogP contribution in [0, 0.1) is 0 Å². The monoisotopic (exact) mass is 302 g/mol. The lowest BCUT2D eigenvalue weighted by Crippen LogP contribution is -2.28. The van der Waals surface area contributed by atoms with Gasteiger partial charge in [0.1, 0.15) is 0 Å². The first-order chi connectivity index (χ1) is 10.2. The summed E-state index contributed by atoms with van der Waals surface area (Å²) in [7, 11) is 0. The van der Waals surface area contributed by atoms with E-state index in [1.54, 1.807) is 0 Å². The molecule has 6 N–H and O–H groups in total. The number of hydrogen-bond donors (Lipinski definition) is 4. The van der Waals surface area contributed by atoms with Crippen molar-refractivity contribution in [1.82, 2.24) is 15.0 Å². The van der Waals surface area contributed by atoms with Crippen LogP contribution in [-0.2, 0) is 9.68 Å². The minimum atomic E-state index is -0.0413. The Morgan fingerprint density at radius 3 is 1.71 bits per heavy atom. The summed E-state index contributed by atoms with van der Waals surface area (Å²) < 4.78 is 0. The van der Waals surface area contributed by atoms with Gasteiger partial charge in [0.25, 0.3) is 5.95 Å². The van der Waals surface area contributed by atoms with Crippen LogP contribution in [0.3, 0.4) is 0 Å². The molecule has 0 saturated heterocycles. The van der Waals surface area contributed by atoms with E-state index < -0.39 is 0 Å². The molecule has 0 spiro atoms. The first-order valence-corrected chi connectivity index (χ1v) is 6.72. The molecule has 1 aromatic rings. The number of unbranched alkanes of at least 4 members (excludes halogenated alkanes) is 2. The lowest BCUT2D eigenvalue weighted by Gasteiger charge is -2.20. The molecule has 0 aromatic carbocycles. The van der Waals surface area contributed by atoms with Crippen molar-refractivity contribution in [3.8, 4) is 0 Å². The molecule has 0 radical (unpaired) electrons. The van der Waals surface area contributed by atoms with Gasteiger partial charge >= 0.3 is 0 Å². The van der Waals surface area contributed by atoms with Crippen LogP contribution in [-0.4, -0.2) is 51.6 Å². The lowest BCUT2D eigenvalue weighted by atomic mass is 10.3. The highest BCUT2D eigenvalue weighted by Crippen LogP contribution is 2.12. The zero-order valence-corrected chi connectivity index (χ0v) is 11.8. The molecule has 120 valence electrons. The molecule has 10 heteroatoms. The summed E-state index contributed by atoms with van der Waals surface area (Å²) in [6.45, 7) is 0.802. The van der Waals surface area contributed by atoms with E-state index in [9.17, 15) is 0 Å². The van der Waals surface area contributed by atoms with Gasteiger partial charge in [-0.3, -0.25) is 0 Å². The second-order valence-corrected chi connectivity index (χ2v) is 4.14. The number of nitrogen functional groups attached to an aromatic ring is 2. The average molecular weight is 302 g/mol. The Hall–Kier alpha value is -1.75. The molecule has 1 aromatic heterocycles. The number of nitrogens with zero attached hydrogens (tertiary/aromatic N) is 4. The maximum absolute atomic E-state index is 8.73. The van der Waals surface area contributed by atoms with Crippen LogP contribution in [0.5, 0.6) is 0 Å². The molecule has 0 saturated carbocycles. The van der Waals surface area contributed by atoms with Crippen LogP contribution in [0.1, 0.15) is 25.7 Å². The number of anilines is 3. The van der Waals surface area contributed by atoms with Crippen LogP contribution in [0.4, 0.5) is 17.8 Å². The Morgan fingerprint density at radius 2 is 1.29 bits per heavy atom. The number of aliphatic hydroxyl groups is 2.